The lowest BCUT2D eigenvalue weighted by atomic mass is 10.0. The van der Waals surface area contributed by atoms with E-state index in [9.17, 15) is 44.8 Å². The standard InChI is InChI=1S/C34H39F5N6O7S/c1-3-33(35,36)25-6-4-24(5-7-25)21-41-30(46)29-22-44(14-15-45(29)53(49,50)28-10-8-27(9-11-28)52-34(37,38)39)32(48)42-26(12-13-40)20-23(2)31(47)43-16-18-51-19-17-43/h4-13,20,29H,2-3,14-19,21-22,40H2,1H3,(H,41,46)(H,42,48)/b13-12-,26-20+/t29-/m1/s1. The number of nitrogens with one attached hydrogen (secondary N) is 2. The van der Waals surface area contributed by atoms with Crippen LogP contribution in [0.15, 0.2) is 89.6 Å². The molecule has 0 saturated carbocycles. The Balaban J connectivity index is 1.55. The number of amides is 4. The zero-order valence-electron chi connectivity index (χ0n) is 28.6. The highest BCUT2D eigenvalue weighted by molar-refractivity contribution is 7.89. The summed E-state index contributed by atoms with van der Waals surface area (Å²) in [6.07, 6.45) is -1.72. The quantitative estimate of drug-likeness (QED) is 0.168. The Morgan fingerprint density at radius 3 is 2.21 bits per heavy atom. The normalized spacial score (nSPS) is 17.8. The van der Waals surface area contributed by atoms with E-state index in [-0.39, 0.29) is 29.9 Å². The molecular weight excluding hydrogens is 731 g/mol. The van der Waals surface area contributed by atoms with E-state index in [1.165, 1.54) is 48.2 Å². The van der Waals surface area contributed by atoms with Gasteiger partial charge in [0.25, 0.3) is 11.8 Å². The number of carbonyl (C=O) groups excluding carboxylic acids is 3. The molecule has 0 radical (unpaired) electrons. The summed E-state index contributed by atoms with van der Waals surface area (Å²) in [5.41, 5.74) is 5.86. The first-order valence-electron chi connectivity index (χ1n) is 16.3. The molecule has 0 aromatic heterocycles. The third-order valence-electron chi connectivity index (χ3n) is 8.30. The number of rotatable bonds is 12. The van der Waals surface area contributed by atoms with Gasteiger partial charge in [0.15, 0.2) is 0 Å². The Morgan fingerprint density at radius 1 is 0.981 bits per heavy atom. The summed E-state index contributed by atoms with van der Waals surface area (Å²) in [5.74, 6) is -4.97. The Kier molecular flexibility index (Phi) is 13.2. The van der Waals surface area contributed by atoms with Gasteiger partial charge in [-0.1, -0.05) is 37.8 Å². The lowest BCUT2D eigenvalue weighted by Gasteiger charge is -2.39. The van der Waals surface area contributed by atoms with Crippen molar-refractivity contribution in [2.75, 3.05) is 45.9 Å². The van der Waals surface area contributed by atoms with Crippen LogP contribution in [0, 0.1) is 0 Å². The minimum Gasteiger partial charge on any atom is -0.406 e. The Labute approximate surface area is 302 Å². The van der Waals surface area contributed by atoms with Gasteiger partial charge in [0.1, 0.15) is 11.8 Å². The Morgan fingerprint density at radius 2 is 1.62 bits per heavy atom. The topological polar surface area (TPSA) is 164 Å². The van der Waals surface area contributed by atoms with Crippen molar-refractivity contribution in [3.8, 4) is 5.75 Å². The van der Waals surface area contributed by atoms with Crippen molar-refractivity contribution in [3.63, 3.8) is 0 Å². The summed E-state index contributed by atoms with van der Waals surface area (Å²) in [6, 6.07) is 6.25. The van der Waals surface area contributed by atoms with Crippen molar-refractivity contribution in [1.82, 2.24) is 24.7 Å². The van der Waals surface area contributed by atoms with Crippen LogP contribution in [0.25, 0.3) is 0 Å². The fourth-order valence-corrected chi connectivity index (χ4v) is 7.00. The first kappa shape index (κ1) is 40.8. The van der Waals surface area contributed by atoms with Gasteiger partial charge in [-0.15, -0.1) is 13.2 Å². The molecule has 0 aliphatic carbocycles. The molecule has 19 heteroatoms. The van der Waals surface area contributed by atoms with E-state index < -0.39 is 76.4 Å². The fourth-order valence-electron chi connectivity index (χ4n) is 5.43. The van der Waals surface area contributed by atoms with Crippen molar-refractivity contribution in [3.05, 3.63) is 95.9 Å². The van der Waals surface area contributed by atoms with Gasteiger partial charge in [-0.05, 0) is 48.2 Å². The zero-order valence-corrected chi connectivity index (χ0v) is 29.4. The molecular formula is C34H39F5N6O7S. The fraction of sp³-hybridized carbons (Fsp3) is 0.382. The number of urea groups is 1. The van der Waals surface area contributed by atoms with E-state index in [1.807, 2.05) is 0 Å². The molecule has 2 aromatic rings. The molecule has 2 saturated heterocycles. The zero-order chi connectivity index (χ0) is 39.0. The van der Waals surface area contributed by atoms with E-state index in [0.717, 1.165) is 39.7 Å². The SMILES string of the molecule is C=C(/C=C(\C=C/N)NC(=O)N1CCN(S(=O)(=O)c2ccc(OC(F)(F)F)cc2)[C@@H](C(=O)NCc2ccc(C(F)(F)CC)cc2)C1)C(=O)N1CCOCC1. The molecule has 4 N–H and O–H groups in total. The number of halogens is 5. The van der Waals surface area contributed by atoms with Crippen molar-refractivity contribution < 1.29 is 54.2 Å². The third-order valence-corrected chi connectivity index (χ3v) is 10.2. The van der Waals surface area contributed by atoms with Crippen molar-refractivity contribution in [2.45, 2.75) is 43.1 Å². The Bertz CT molecular complexity index is 1810. The smallest absolute Gasteiger partial charge is 0.406 e. The van der Waals surface area contributed by atoms with Crippen LogP contribution < -0.4 is 21.1 Å². The molecule has 0 spiro atoms. The number of allylic oxidation sites excluding steroid dienone is 1. The second-order valence-electron chi connectivity index (χ2n) is 11.9. The average molecular weight is 771 g/mol. The van der Waals surface area contributed by atoms with Gasteiger partial charge < -0.3 is 35.6 Å². The highest BCUT2D eigenvalue weighted by Gasteiger charge is 2.42. The molecule has 2 fully saturated rings. The van der Waals surface area contributed by atoms with Gasteiger partial charge in [-0.25, -0.2) is 22.0 Å². The largest absolute Gasteiger partial charge is 0.573 e. The summed E-state index contributed by atoms with van der Waals surface area (Å²) in [4.78, 5) is 42.3. The van der Waals surface area contributed by atoms with Gasteiger partial charge in [-0.3, -0.25) is 9.59 Å². The maximum atomic E-state index is 14.1. The number of piperazine rings is 1. The maximum Gasteiger partial charge on any atom is 0.573 e. The van der Waals surface area contributed by atoms with Crippen molar-refractivity contribution in [1.29, 1.82) is 0 Å². The molecule has 0 bridgehead atoms. The van der Waals surface area contributed by atoms with Crippen LogP contribution in [-0.2, 0) is 36.8 Å². The van der Waals surface area contributed by atoms with Crippen LogP contribution in [-0.4, -0.2) is 98.7 Å². The molecule has 13 nitrogen and oxygen atoms in total. The molecule has 2 aliphatic rings. The second-order valence-corrected chi connectivity index (χ2v) is 13.8. The van der Waals surface area contributed by atoms with Crippen LogP contribution in [0.2, 0.25) is 0 Å². The van der Waals surface area contributed by atoms with Crippen LogP contribution in [0.5, 0.6) is 5.75 Å². The van der Waals surface area contributed by atoms with Gasteiger partial charge in [-0.2, -0.15) is 4.31 Å². The van der Waals surface area contributed by atoms with Gasteiger partial charge in [0.05, 0.1) is 18.1 Å². The highest BCUT2D eigenvalue weighted by atomic mass is 32.2. The molecule has 0 unspecified atom stereocenters. The number of sulfonamides is 1. The summed E-state index contributed by atoms with van der Waals surface area (Å²) in [6.45, 7) is 5.21. The van der Waals surface area contributed by atoms with E-state index in [0.29, 0.717) is 31.9 Å². The molecule has 2 heterocycles. The van der Waals surface area contributed by atoms with Crippen molar-refractivity contribution in [2.24, 2.45) is 5.73 Å². The molecule has 4 rings (SSSR count). The van der Waals surface area contributed by atoms with Gasteiger partial charge in [0, 0.05) is 62.5 Å². The maximum absolute atomic E-state index is 14.1. The van der Waals surface area contributed by atoms with Crippen LogP contribution >= 0.6 is 0 Å². The van der Waals surface area contributed by atoms with E-state index in [2.05, 4.69) is 21.9 Å². The number of hydrogen-bond donors (Lipinski definition) is 3. The first-order chi connectivity index (χ1) is 24.9. The number of nitrogens with zero attached hydrogens (tertiary/aromatic N) is 3. The minimum atomic E-state index is -5.02. The highest BCUT2D eigenvalue weighted by Crippen LogP contribution is 2.31. The van der Waals surface area contributed by atoms with Crippen LogP contribution in [0.4, 0.5) is 26.7 Å². The monoisotopic (exact) mass is 770 g/mol. The van der Waals surface area contributed by atoms with Gasteiger partial charge >= 0.3 is 12.4 Å². The minimum absolute atomic E-state index is 0.0339. The molecule has 53 heavy (non-hydrogen) atoms. The van der Waals surface area contributed by atoms with Crippen LogP contribution in [0.3, 0.4) is 0 Å². The molecule has 2 aliphatic heterocycles. The summed E-state index contributed by atoms with van der Waals surface area (Å²) in [7, 11) is -4.55. The number of nitrogens with two attached hydrogens (primary N) is 1. The first-order valence-corrected chi connectivity index (χ1v) is 17.7. The predicted molar refractivity (Wildman–Crippen MR) is 181 cm³/mol. The Hall–Kier alpha value is -5.01. The number of hydrogen-bond acceptors (Lipinski definition) is 8. The average Bonchev–Trinajstić information content (AvgIpc) is 3.13. The molecule has 288 valence electrons. The predicted octanol–water partition coefficient (Wildman–Crippen LogP) is 3.56. The summed E-state index contributed by atoms with van der Waals surface area (Å²) >= 11 is 0. The van der Waals surface area contributed by atoms with Crippen LogP contribution in [0.1, 0.15) is 24.5 Å². The van der Waals surface area contributed by atoms with E-state index >= 15 is 0 Å². The van der Waals surface area contributed by atoms with E-state index in [1.54, 1.807) is 0 Å². The van der Waals surface area contributed by atoms with Crippen molar-refractivity contribution >= 4 is 27.9 Å². The molecule has 2 aromatic carbocycles. The van der Waals surface area contributed by atoms with E-state index in [4.69, 9.17) is 10.5 Å². The lowest BCUT2D eigenvalue weighted by molar-refractivity contribution is -0.274. The number of benzene rings is 2. The third kappa shape index (κ3) is 10.8. The number of morpholine rings is 1. The second kappa shape index (κ2) is 17.2. The van der Waals surface area contributed by atoms with Gasteiger partial charge in [0.2, 0.25) is 15.9 Å². The summed E-state index contributed by atoms with van der Waals surface area (Å²) in [5, 5.41) is 5.17. The number of ether oxygens (including phenoxy) is 2. The molecule has 1 atom stereocenters. The molecule has 4 amide bonds. The number of alkyl halides is 5. The lowest BCUT2D eigenvalue weighted by Crippen LogP contribution is -2.62. The summed E-state index contributed by atoms with van der Waals surface area (Å²) < 4.78 is 104. The number of carbonyl (C=O) groups is 3.